The average molecular weight is 356 g/mol. The number of ether oxygens (including phenoxy) is 1. The van der Waals surface area contributed by atoms with Gasteiger partial charge in [0.2, 0.25) is 0 Å². The van der Waals surface area contributed by atoms with E-state index in [1.807, 2.05) is 36.9 Å². The first-order valence-electron chi connectivity index (χ1n) is 9.14. The lowest BCUT2D eigenvalue weighted by Crippen LogP contribution is -2.51. The van der Waals surface area contributed by atoms with Crippen LogP contribution in [0.3, 0.4) is 0 Å². The minimum Gasteiger partial charge on any atom is -0.368 e. The molecule has 4 heterocycles. The van der Waals surface area contributed by atoms with Gasteiger partial charge in [0.15, 0.2) is 11.6 Å². The number of nitrogens with zero attached hydrogens (tertiary/aromatic N) is 6. The van der Waals surface area contributed by atoms with Gasteiger partial charge in [0.25, 0.3) is 5.91 Å². The number of carbonyl (C=O) groups is 1. The summed E-state index contributed by atoms with van der Waals surface area (Å²) in [6, 6.07) is 5.92. The monoisotopic (exact) mass is 356 g/mol. The molecule has 0 saturated carbocycles. The second kappa shape index (κ2) is 7.03. The van der Waals surface area contributed by atoms with Crippen molar-refractivity contribution in [3.05, 3.63) is 29.6 Å². The van der Waals surface area contributed by atoms with E-state index in [4.69, 9.17) is 4.74 Å². The summed E-state index contributed by atoms with van der Waals surface area (Å²) >= 11 is 0. The number of piperazine rings is 1. The van der Waals surface area contributed by atoms with Crippen LogP contribution >= 0.6 is 0 Å². The zero-order valence-electron chi connectivity index (χ0n) is 15.3. The van der Waals surface area contributed by atoms with Crippen LogP contribution in [0.4, 0.5) is 5.82 Å². The van der Waals surface area contributed by atoms with Gasteiger partial charge < -0.3 is 14.5 Å². The second-order valence-electron chi connectivity index (χ2n) is 6.90. The molecule has 0 N–H and O–H groups in total. The molecule has 138 valence electrons. The molecule has 1 unspecified atom stereocenters. The Morgan fingerprint density at radius 2 is 1.85 bits per heavy atom. The number of carbonyl (C=O) groups excluding carboxylic acids is 1. The maximum absolute atomic E-state index is 12.4. The van der Waals surface area contributed by atoms with Gasteiger partial charge in [-0.15, -0.1) is 10.2 Å². The van der Waals surface area contributed by atoms with Crippen LogP contribution in [0.5, 0.6) is 0 Å². The van der Waals surface area contributed by atoms with Crippen LogP contribution < -0.4 is 4.90 Å². The molecular formula is C18H24N6O2. The van der Waals surface area contributed by atoms with Gasteiger partial charge in [0.05, 0.1) is 5.69 Å². The molecule has 2 saturated heterocycles. The standard InChI is InChI=1S/C18H24N6O2/c1-13-12-14(2)24(21-13)17-6-5-16(19-20-17)22-7-9-23(10-8-22)18(25)15-4-3-11-26-15/h5-6,12,15H,3-4,7-11H2,1-2H3. The Hall–Kier alpha value is -2.48. The van der Waals surface area contributed by atoms with E-state index in [1.54, 1.807) is 4.68 Å². The highest BCUT2D eigenvalue weighted by atomic mass is 16.5. The van der Waals surface area contributed by atoms with Gasteiger partial charge >= 0.3 is 0 Å². The fraction of sp³-hybridized carbons (Fsp3) is 0.556. The lowest BCUT2D eigenvalue weighted by Gasteiger charge is -2.36. The molecule has 0 bridgehead atoms. The molecule has 0 spiro atoms. The van der Waals surface area contributed by atoms with Crippen molar-refractivity contribution in [1.29, 1.82) is 0 Å². The summed E-state index contributed by atoms with van der Waals surface area (Å²) in [5, 5.41) is 13.1. The van der Waals surface area contributed by atoms with Crippen molar-refractivity contribution in [1.82, 2.24) is 24.9 Å². The summed E-state index contributed by atoms with van der Waals surface area (Å²) in [6.07, 6.45) is 1.59. The molecule has 1 amide bonds. The zero-order chi connectivity index (χ0) is 18.1. The molecule has 2 fully saturated rings. The van der Waals surface area contributed by atoms with Gasteiger partial charge in [0.1, 0.15) is 6.10 Å². The number of hydrogen-bond donors (Lipinski definition) is 0. The lowest BCUT2D eigenvalue weighted by atomic mass is 10.2. The van der Waals surface area contributed by atoms with Crippen molar-refractivity contribution in [3.63, 3.8) is 0 Å². The molecule has 2 aromatic heterocycles. The first-order chi connectivity index (χ1) is 12.6. The summed E-state index contributed by atoms with van der Waals surface area (Å²) in [7, 11) is 0. The van der Waals surface area contributed by atoms with E-state index in [0.717, 1.165) is 43.1 Å². The van der Waals surface area contributed by atoms with Gasteiger partial charge in [-0.3, -0.25) is 4.79 Å². The molecule has 4 rings (SSSR count). The number of amides is 1. The normalized spacial score (nSPS) is 20.6. The Labute approximate surface area is 152 Å². The van der Waals surface area contributed by atoms with E-state index in [-0.39, 0.29) is 12.0 Å². The smallest absolute Gasteiger partial charge is 0.251 e. The fourth-order valence-corrected chi connectivity index (χ4v) is 3.59. The van der Waals surface area contributed by atoms with E-state index >= 15 is 0 Å². The van der Waals surface area contributed by atoms with Gasteiger partial charge in [-0.25, -0.2) is 4.68 Å². The lowest BCUT2D eigenvalue weighted by molar-refractivity contribution is -0.141. The third-order valence-electron chi connectivity index (χ3n) is 4.98. The van der Waals surface area contributed by atoms with Crippen molar-refractivity contribution >= 4 is 11.7 Å². The molecule has 2 aromatic rings. The van der Waals surface area contributed by atoms with Crippen LogP contribution in [-0.2, 0) is 9.53 Å². The average Bonchev–Trinajstić information content (AvgIpc) is 3.31. The number of aryl methyl sites for hydroxylation is 2. The van der Waals surface area contributed by atoms with Crippen molar-refractivity contribution in [2.45, 2.75) is 32.8 Å². The van der Waals surface area contributed by atoms with Gasteiger partial charge in [-0.2, -0.15) is 5.10 Å². The third kappa shape index (κ3) is 3.29. The maximum atomic E-state index is 12.4. The zero-order valence-corrected chi connectivity index (χ0v) is 15.3. The molecule has 0 radical (unpaired) electrons. The Kier molecular flexibility index (Phi) is 4.58. The summed E-state index contributed by atoms with van der Waals surface area (Å²) in [5.74, 6) is 1.68. The summed E-state index contributed by atoms with van der Waals surface area (Å²) in [6.45, 7) is 7.56. The quantitative estimate of drug-likeness (QED) is 0.820. The molecule has 2 aliphatic rings. The van der Waals surface area contributed by atoms with Crippen LogP contribution in [0.1, 0.15) is 24.2 Å². The number of rotatable bonds is 3. The van der Waals surface area contributed by atoms with Crippen molar-refractivity contribution < 1.29 is 9.53 Å². The molecule has 0 aromatic carbocycles. The number of anilines is 1. The van der Waals surface area contributed by atoms with Gasteiger partial charge in [-0.1, -0.05) is 0 Å². The summed E-state index contributed by atoms with van der Waals surface area (Å²) < 4.78 is 7.31. The van der Waals surface area contributed by atoms with E-state index in [2.05, 4.69) is 20.2 Å². The van der Waals surface area contributed by atoms with Crippen molar-refractivity contribution in [3.8, 4) is 5.82 Å². The first-order valence-corrected chi connectivity index (χ1v) is 9.14. The highest BCUT2D eigenvalue weighted by Crippen LogP contribution is 2.18. The van der Waals surface area contributed by atoms with E-state index < -0.39 is 0 Å². The van der Waals surface area contributed by atoms with Crippen molar-refractivity contribution in [2.75, 3.05) is 37.7 Å². The van der Waals surface area contributed by atoms with Gasteiger partial charge in [-0.05, 0) is 44.9 Å². The number of hydrogen-bond acceptors (Lipinski definition) is 6. The molecular weight excluding hydrogens is 332 g/mol. The van der Waals surface area contributed by atoms with Gasteiger partial charge in [0, 0.05) is 38.5 Å². The summed E-state index contributed by atoms with van der Waals surface area (Å²) in [4.78, 5) is 16.5. The third-order valence-corrected chi connectivity index (χ3v) is 4.98. The first kappa shape index (κ1) is 17.0. The Morgan fingerprint density at radius 3 is 2.42 bits per heavy atom. The second-order valence-corrected chi connectivity index (χ2v) is 6.90. The molecule has 8 heteroatoms. The van der Waals surface area contributed by atoms with Crippen LogP contribution in [0.2, 0.25) is 0 Å². The van der Waals surface area contributed by atoms with Crippen LogP contribution in [0, 0.1) is 13.8 Å². The molecule has 2 aliphatic heterocycles. The SMILES string of the molecule is Cc1cc(C)n(-c2ccc(N3CCN(C(=O)C4CCCO4)CC3)nn2)n1. The topological polar surface area (TPSA) is 76.4 Å². The maximum Gasteiger partial charge on any atom is 0.251 e. The predicted octanol–water partition coefficient (Wildman–Crippen LogP) is 1.11. The van der Waals surface area contributed by atoms with Crippen LogP contribution in [0.25, 0.3) is 5.82 Å². The van der Waals surface area contributed by atoms with E-state index in [9.17, 15) is 4.79 Å². The number of aromatic nitrogens is 4. The predicted molar refractivity (Wildman–Crippen MR) is 96.4 cm³/mol. The summed E-state index contributed by atoms with van der Waals surface area (Å²) in [5.41, 5.74) is 1.99. The van der Waals surface area contributed by atoms with Crippen molar-refractivity contribution in [2.24, 2.45) is 0 Å². The Morgan fingerprint density at radius 1 is 1.12 bits per heavy atom. The fourth-order valence-electron chi connectivity index (χ4n) is 3.59. The molecule has 0 aliphatic carbocycles. The van der Waals surface area contributed by atoms with E-state index in [1.165, 1.54) is 0 Å². The largest absolute Gasteiger partial charge is 0.368 e. The minimum absolute atomic E-state index is 0.133. The molecule has 8 nitrogen and oxygen atoms in total. The van der Waals surface area contributed by atoms with Crippen LogP contribution in [0.15, 0.2) is 18.2 Å². The highest BCUT2D eigenvalue weighted by Gasteiger charge is 2.30. The van der Waals surface area contributed by atoms with Crippen LogP contribution in [-0.4, -0.2) is 69.7 Å². The highest BCUT2D eigenvalue weighted by molar-refractivity contribution is 5.81. The molecule has 26 heavy (non-hydrogen) atoms. The molecule has 1 atom stereocenters. The Balaban J connectivity index is 1.38. The Bertz CT molecular complexity index is 773. The van der Waals surface area contributed by atoms with E-state index in [0.29, 0.717) is 25.5 Å². The minimum atomic E-state index is -0.235.